The van der Waals surface area contributed by atoms with Crippen LogP contribution in [0.3, 0.4) is 0 Å². The van der Waals surface area contributed by atoms with Gasteiger partial charge in [0.25, 0.3) is 0 Å². The standard InChI is InChI=1S/C24H24ClF2N3O3/c1-3-4-7-12-32-22(31)20-14(2)28-24-29-17-8-5-6-9-18(17)30(24)21(20)16-13-15(25)10-11-19(16)33-23(26)27/h5-6,8-11,13,21,23H,3-4,7,12H2,1-2H3,(H,28,29)/t21-/m0/s1. The number of nitrogens with zero attached hydrogens (tertiary/aromatic N) is 2. The van der Waals surface area contributed by atoms with Crippen LogP contribution >= 0.6 is 11.6 Å². The molecule has 1 aromatic heterocycles. The lowest BCUT2D eigenvalue weighted by Crippen LogP contribution is -2.29. The van der Waals surface area contributed by atoms with Crippen LogP contribution in [-0.4, -0.2) is 28.7 Å². The minimum absolute atomic E-state index is 0.0749. The first-order valence-corrected chi connectivity index (χ1v) is 11.1. The molecule has 9 heteroatoms. The highest BCUT2D eigenvalue weighted by molar-refractivity contribution is 6.30. The van der Waals surface area contributed by atoms with Gasteiger partial charge < -0.3 is 14.8 Å². The lowest BCUT2D eigenvalue weighted by Gasteiger charge is -2.31. The van der Waals surface area contributed by atoms with Crippen molar-refractivity contribution >= 4 is 34.6 Å². The molecule has 1 aliphatic heterocycles. The number of carbonyl (C=O) groups is 1. The van der Waals surface area contributed by atoms with Crippen molar-refractivity contribution in [2.24, 2.45) is 0 Å². The van der Waals surface area contributed by atoms with E-state index in [1.54, 1.807) is 11.5 Å². The number of ether oxygens (including phenoxy) is 2. The Kier molecular flexibility index (Phi) is 6.83. The molecular weight excluding hydrogens is 452 g/mol. The van der Waals surface area contributed by atoms with Crippen molar-refractivity contribution in [2.75, 3.05) is 11.9 Å². The van der Waals surface area contributed by atoms with Crippen molar-refractivity contribution in [3.05, 3.63) is 64.3 Å². The third-order valence-electron chi connectivity index (χ3n) is 5.51. The SMILES string of the molecule is CCCCCOC(=O)C1=C(C)Nc2nc3ccccc3n2[C@H]1c1cc(Cl)ccc1OC(F)F. The molecule has 2 aromatic carbocycles. The van der Waals surface area contributed by atoms with Gasteiger partial charge in [0.1, 0.15) is 5.75 Å². The van der Waals surface area contributed by atoms with Crippen LogP contribution in [0.2, 0.25) is 5.02 Å². The molecule has 0 aliphatic carbocycles. The fraction of sp³-hybridized carbons (Fsp3) is 0.333. The summed E-state index contributed by atoms with van der Waals surface area (Å²) in [4.78, 5) is 17.9. The summed E-state index contributed by atoms with van der Waals surface area (Å²) < 4.78 is 38.6. The Hall–Kier alpha value is -3.13. The lowest BCUT2D eigenvalue weighted by molar-refractivity contribution is -0.139. The molecule has 0 saturated carbocycles. The third kappa shape index (κ3) is 4.66. The second-order valence-electron chi connectivity index (χ2n) is 7.76. The zero-order chi connectivity index (χ0) is 23.5. The molecule has 174 valence electrons. The Morgan fingerprint density at radius 2 is 2.03 bits per heavy atom. The molecule has 1 aliphatic rings. The molecule has 2 heterocycles. The summed E-state index contributed by atoms with van der Waals surface area (Å²) in [6.07, 6.45) is 2.66. The molecule has 0 saturated heterocycles. The molecule has 0 spiro atoms. The molecule has 6 nitrogen and oxygen atoms in total. The van der Waals surface area contributed by atoms with E-state index in [4.69, 9.17) is 21.1 Å². The Morgan fingerprint density at radius 1 is 1.24 bits per heavy atom. The topological polar surface area (TPSA) is 65.4 Å². The van der Waals surface area contributed by atoms with Gasteiger partial charge in [-0.1, -0.05) is 43.5 Å². The van der Waals surface area contributed by atoms with E-state index in [1.165, 1.54) is 18.2 Å². The van der Waals surface area contributed by atoms with Crippen LogP contribution in [0.4, 0.5) is 14.7 Å². The monoisotopic (exact) mass is 475 g/mol. The number of alkyl halides is 2. The van der Waals surface area contributed by atoms with Crippen LogP contribution in [0.25, 0.3) is 11.0 Å². The number of para-hydroxylation sites is 2. The first-order chi connectivity index (χ1) is 15.9. The zero-order valence-electron chi connectivity index (χ0n) is 18.3. The minimum Gasteiger partial charge on any atom is -0.462 e. The van der Waals surface area contributed by atoms with Crippen molar-refractivity contribution in [3.63, 3.8) is 0 Å². The number of allylic oxidation sites excluding steroid dienone is 1. The number of hydrogen-bond acceptors (Lipinski definition) is 5. The summed E-state index contributed by atoms with van der Waals surface area (Å²) in [6.45, 7) is 1.02. The summed E-state index contributed by atoms with van der Waals surface area (Å²) in [5.41, 5.74) is 2.52. The molecule has 0 bridgehead atoms. The van der Waals surface area contributed by atoms with Gasteiger partial charge in [0, 0.05) is 16.3 Å². The van der Waals surface area contributed by atoms with Gasteiger partial charge in [-0.05, 0) is 43.7 Å². The van der Waals surface area contributed by atoms with Gasteiger partial charge in [0.05, 0.1) is 29.3 Å². The molecule has 0 radical (unpaired) electrons. The number of nitrogens with one attached hydrogen (secondary N) is 1. The van der Waals surface area contributed by atoms with Crippen molar-refractivity contribution in [1.29, 1.82) is 0 Å². The largest absolute Gasteiger partial charge is 0.462 e. The molecular formula is C24H24ClF2N3O3. The fourth-order valence-electron chi connectivity index (χ4n) is 4.05. The number of rotatable bonds is 8. The Labute approximate surface area is 195 Å². The molecule has 4 rings (SSSR count). The lowest BCUT2D eigenvalue weighted by atomic mass is 9.94. The van der Waals surface area contributed by atoms with Gasteiger partial charge in [0.15, 0.2) is 0 Å². The minimum atomic E-state index is -3.04. The number of hydrogen-bond donors (Lipinski definition) is 1. The van der Waals surface area contributed by atoms with Crippen LogP contribution in [0.5, 0.6) is 5.75 Å². The van der Waals surface area contributed by atoms with E-state index >= 15 is 0 Å². The van der Waals surface area contributed by atoms with Crippen molar-refractivity contribution in [2.45, 2.75) is 45.8 Å². The normalized spacial score (nSPS) is 15.5. The van der Waals surface area contributed by atoms with Crippen LogP contribution in [0.1, 0.15) is 44.7 Å². The molecule has 1 atom stereocenters. The maximum Gasteiger partial charge on any atom is 0.387 e. The highest BCUT2D eigenvalue weighted by Gasteiger charge is 2.37. The summed E-state index contributed by atoms with van der Waals surface area (Å²) in [5, 5.41) is 3.49. The average Bonchev–Trinajstić information content (AvgIpc) is 3.14. The van der Waals surface area contributed by atoms with E-state index in [2.05, 4.69) is 17.2 Å². The summed E-state index contributed by atoms with van der Waals surface area (Å²) in [6, 6.07) is 10.9. The maximum atomic E-state index is 13.3. The van der Waals surface area contributed by atoms with Gasteiger partial charge in [-0.15, -0.1) is 0 Å². The van der Waals surface area contributed by atoms with Crippen LogP contribution in [0.15, 0.2) is 53.7 Å². The molecule has 0 amide bonds. The Morgan fingerprint density at radius 3 is 2.79 bits per heavy atom. The maximum absolute atomic E-state index is 13.3. The number of halogens is 3. The number of esters is 1. The fourth-order valence-corrected chi connectivity index (χ4v) is 4.23. The summed E-state index contributed by atoms with van der Waals surface area (Å²) >= 11 is 6.26. The number of carbonyl (C=O) groups excluding carboxylic acids is 1. The van der Waals surface area contributed by atoms with Crippen LogP contribution in [0, 0.1) is 0 Å². The predicted octanol–water partition coefficient (Wildman–Crippen LogP) is 6.31. The van der Waals surface area contributed by atoms with Crippen LogP contribution < -0.4 is 10.1 Å². The molecule has 0 fully saturated rings. The van der Waals surface area contributed by atoms with Gasteiger partial charge >= 0.3 is 12.6 Å². The summed E-state index contributed by atoms with van der Waals surface area (Å²) in [5.74, 6) is -0.133. The second-order valence-corrected chi connectivity index (χ2v) is 8.20. The Bertz CT molecular complexity index is 1210. The van der Waals surface area contributed by atoms with E-state index < -0.39 is 18.6 Å². The molecule has 3 aromatic rings. The highest BCUT2D eigenvalue weighted by Crippen LogP contribution is 2.43. The zero-order valence-corrected chi connectivity index (χ0v) is 19.0. The second kappa shape index (κ2) is 9.79. The molecule has 33 heavy (non-hydrogen) atoms. The average molecular weight is 476 g/mol. The molecule has 1 N–H and O–H groups in total. The van der Waals surface area contributed by atoms with Crippen LogP contribution in [-0.2, 0) is 9.53 Å². The third-order valence-corrected chi connectivity index (χ3v) is 5.75. The van der Waals surface area contributed by atoms with E-state index in [0.29, 0.717) is 27.7 Å². The number of aromatic nitrogens is 2. The van der Waals surface area contributed by atoms with E-state index in [1.807, 2.05) is 24.3 Å². The van der Waals surface area contributed by atoms with E-state index in [9.17, 15) is 13.6 Å². The number of imidazole rings is 1. The van der Waals surface area contributed by atoms with E-state index in [-0.39, 0.29) is 17.9 Å². The van der Waals surface area contributed by atoms with Gasteiger partial charge in [-0.3, -0.25) is 4.57 Å². The Balaban J connectivity index is 1.88. The predicted molar refractivity (Wildman–Crippen MR) is 123 cm³/mol. The quantitative estimate of drug-likeness (QED) is 0.305. The number of benzene rings is 2. The van der Waals surface area contributed by atoms with Gasteiger partial charge in [-0.2, -0.15) is 8.78 Å². The van der Waals surface area contributed by atoms with Gasteiger partial charge in [0.2, 0.25) is 5.95 Å². The molecule has 0 unspecified atom stereocenters. The van der Waals surface area contributed by atoms with Crippen molar-refractivity contribution in [3.8, 4) is 5.75 Å². The number of anilines is 1. The van der Waals surface area contributed by atoms with Crippen molar-refractivity contribution < 1.29 is 23.0 Å². The number of unbranched alkanes of at least 4 members (excludes halogenated alkanes) is 2. The van der Waals surface area contributed by atoms with Gasteiger partial charge in [-0.25, -0.2) is 9.78 Å². The first kappa shape index (κ1) is 23.0. The smallest absolute Gasteiger partial charge is 0.387 e. The first-order valence-electron chi connectivity index (χ1n) is 10.8. The highest BCUT2D eigenvalue weighted by atomic mass is 35.5. The number of fused-ring (bicyclic) bond motifs is 3. The van der Waals surface area contributed by atoms with Crippen molar-refractivity contribution in [1.82, 2.24) is 9.55 Å². The van der Waals surface area contributed by atoms with E-state index in [0.717, 1.165) is 24.8 Å². The summed E-state index contributed by atoms with van der Waals surface area (Å²) in [7, 11) is 0.